The number of aryl methyl sites for hydroxylation is 2. The maximum absolute atomic E-state index is 12.2. The lowest BCUT2D eigenvalue weighted by atomic mass is 10.0. The molecule has 3 aromatic rings. The fraction of sp³-hybridized carbons (Fsp3) is 0.320. The van der Waals surface area contributed by atoms with Crippen LogP contribution in [0.4, 0.5) is 11.4 Å². The highest BCUT2D eigenvalue weighted by Gasteiger charge is 2.42. The Balaban J connectivity index is 1.76. The third-order valence-electron chi connectivity index (χ3n) is 6.08. The average Bonchev–Trinajstić information content (AvgIpc) is 3.28. The molecular formula is C25H29N5OS. The van der Waals surface area contributed by atoms with Gasteiger partial charge in [0.05, 0.1) is 11.7 Å². The molecule has 2 unspecified atom stereocenters. The zero-order valence-corrected chi connectivity index (χ0v) is 19.9. The van der Waals surface area contributed by atoms with Crippen molar-refractivity contribution in [3.05, 3.63) is 77.4 Å². The third-order valence-corrected chi connectivity index (χ3v) is 6.40. The van der Waals surface area contributed by atoms with Gasteiger partial charge in [0.2, 0.25) is 5.91 Å². The van der Waals surface area contributed by atoms with Crippen molar-refractivity contribution in [2.75, 3.05) is 10.2 Å². The van der Waals surface area contributed by atoms with Gasteiger partial charge >= 0.3 is 0 Å². The fourth-order valence-electron chi connectivity index (χ4n) is 4.08. The number of aromatic nitrogens is 2. The molecule has 1 aliphatic heterocycles. The van der Waals surface area contributed by atoms with Crippen molar-refractivity contribution in [3.63, 3.8) is 0 Å². The Morgan fingerprint density at radius 3 is 2.53 bits per heavy atom. The number of hydrogen-bond acceptors (Lipinski definition) is 3. The summed E-state index contributed by atoms with van der Waals surface area (Å²) in [6.07, 6.45) is 1.81. The largest absolute Gasteiger partial charge is 0.351 e. The first-order valence-electron chi connectivity index (χ1n) is 10.8. The Hall–Kier alpha value is -3.19. The van der Waals surface area contributed by atoms with Gasteiger partial charge in [-0.15, -0.1) is 0 Å². The summed E-state index contributed by atoms with van der Waals surface area (Å²) in [4.78, 5) is 18.9. The van der Waals surface area contributed by atoms with Gasteiger partial charge in [0, 0.05) is 41.9 Å². The van der Waals surface area contributed by atoms with Crippen LogP contribution in [0.5, 0.6) is 0 Å². The number of nitrogens with zero attached hydrogens (tertiary/aromatic N) is 3. The quantitative estimate of drug-likeness (QED) is 0.550. The topological polar surface area (TPSA) is 62.2 Å². The molecule has 1 aliphatic rings. The standard InChI is InChI=1S/C25H29N5OS/c1-15(2)24(31)27-19-11-10-18(14-16(19)3)30-23(21-12-9-17(4)29(21)5)22(28-25(30)32)20-8-6-7-13-26-20/h6-15,22-23H,1-5H3,(H,27,31)(H,28,32). The molecule has 2 N–H and O–H groups in total. The molecule has 1 saturated heterocycles. The summed E-state index contributed by atoms with van der Waals surface area (Å²) in [6.45, 7) is 7.87. The summed E-state index contributed by atoms with van der Waals surface area (Å²) >= 11 is 5.81. The highest BCUT2D eigenvalue weighted by Crippen LogP contribution is 2.42. The molecule has 0 aliphatic carbocycles. The van der Waals surface area contributed by atoms with E-state index in [9.17, 15) is 4.79 Å². The number of benzene rings is 1. The summed E-state index contributed by atoms with van der Waals surface area (Å²) in [6, 6.07) is 16.1. The Bertz CT molecular complexity index is 1150. The molecule has 0 spiro atoms. The van der Waals surface area contributed by atoms with Gasteiger partial charge in [0.25, 0.3) is 0 Å². The van der Waals surface area contributed by atoms with Crippen LogP contribution in [0.2, 0.25) is 0 Å². The predicted octanol–water partition coefficient (Wildman–Crippen LogP) is 4.81. The molecule has 7 heteroatoms. The molecule has 2 aromatic heterocycles. The number of thiocarbonyl (C=S) groups is 1. The Morgan fingerprint density at radius 2 is 1.94 bits per heavy atom. The minimum Gasteiger partial charge on any atom is -0.351 e. The Morgan fingerprint density at radius 1 is 1.16 bits per heavy atom. The van der Waals surface area contributed by atoms with E-state index in [1.807, 2.05) is 57.3 Å². The van der Waals surface area contributed by atoms with Crippen molar-refractivity contribution in [1.82, 2.24) is 14.9 Å². The summed E-state index contributed by atoms with van der Waals surface area (Å²) in [5, 5.41) is 7.16. The van der Waals surface area contributed by atoms with E-state index in [0.717, 1.165) is 28.3 Å². The lowest BCUT2D eigenvalue weighted by Crippen LogP contribution is -2.30. The van der Waals surface area contributed by atoms with Crippen LogP contribution in [0, 0.1) is 19.8 Å². The maximum Gasteiger partial charge on any atom is 0.226 e. The molecule has 1 fully saturated rings. The van der Waals surface area contributed by atoms with E-state index in [2.05, 4.69) is 57.3 Å². The number of carbonyl (C=O) groups is 1. The first kappa shape index (κ1) is 22.0. The monoisotopic (exact) mass is 447 g/mol. The number of amides is 1. The summed E-state index contributed by atoms with van der Waals surface area (Å²) in [5.74, 6) is -0.0693. The number of carbonyl (C=O) groups excluding carboxylic acids is 1. The predicted molar refractivity (Wildman–Crippen MR) is 133 cm³/mol. The van der Waals surface area contributed by atoms with E-state index in [1.54, 1.807) is 0 Å². The minimum absolute atomic E-state index is 0.00610. The first-order valence-corrected chi connectivity index (χ1v) is 11.2. The van der Waals surface area contributed by atoms with Crippen LogP contribution in [0.25, 0.3) is 0 Å². The lowest BCUT2D eigenvalue weighted by Gasteiger charge is -2.29. The Labute approximate surface area is 194 Å². The molecule has 0 bridgehead atoms. The average molecular weight is 448 g/mol. The van der Waals surface area contributed by atoms with E-state index >= 15 is 0 Å². The second-order valence-electron chi connectivity index (χ2n) is 8.60. The van der Waals surface area contributed by atoms with Crippen LogP contribution in [-0.4, -0.2) is 20.6 Å². The van der Waals surface area contributed by atoms with E-state index < -0.39 is 0 Å². The number of pyridine rings is 1. The van der Waals surface area contributed by atoms with Crippen LogP contribution >= 0.6 is 12.2 Å². The zero-order valence-electron chi connectivity index (χ0n) is 19.1. The number of nitrogens with one attached hydrogen (secondary N) is 2. The Kier molecular flexibility index (Phi) is 6.02. The second kappa shape index (κ2) is 8.74. The van der Waals surface area contributed by atoms with E-state index in [0.29, 0.717) is 5.11 Å². The van der Waals surface area contributed by atoms with Gasteiger partial charge in [-0.1, -0.05) is 19.9 Å². The fourth-order valence-corrected chi connectivity index (χ4v) is 4.42. The van der Waals surface area contributed by atoms with E-state index in [4.69, 9.17) is 12.2 Å². The number of rotatable bonds is 5. The molecule has 32 heavy (non-hydrogen) atoms. The van der Waals surface area contributed by atoms with Gasteiger partial charge in [-0.3, -0.25) is 9.78 Å². The minimum atomic E-state index is -0.0858. The number of hydrogen-bond donors (Lipinski definition) is 2. The molecular weight excluding hydrogens is 418 g/mol. The van der Waals surface area contributed by atoms with Gasteiger partial charge in [0.1, 0.15) is 6.04 Å². The SMILES string of the molecule is Cc1cc(N2C(=S)NC(c3ccccn3)C2c2ccc(C)n2C)ccc1NC(=O)C(C)C. The summed E-state index contributed by atoms with van der Waals surface area (Å²) in [7, 11) is 2.08. The number of anilines is 2. The lowest BCUT2D eigenvalue weighted by molar-refractivity contribution is -0.118. The van der Waals surface area contributed by atoms with Gasteiger partial charge in [-0.05, 0) is 74.1 Å². The van der Waals surface area contributed by atoms with Crippen LogP contribution in [-0.2, 0) is 11.8 Å². The molecule has 0 saturated carbocycles. The molecule has 3 heterocycles. The molecule has 6 nitrogen and oxygen atoms in total. The summed E-state index contributed by atoms with van der Waals surface area (Å²) < 4.78 is 2.20. The molecule has 1 amide bonds. The summed E-state index contributed by atoms with van der Waals surface area (Å²) in [5.41, 5.74) is 6.06. The molecule has 1 aromatic carbocycles. The van der Waals surface area contributed by atoms with Gasteiger partial charge in [0.15, 0.2) is 5.11 Å². The second-order valence-corrected chi connectivity index (χ2v) is 8.99. The van der Waals surface area contributed by atoms with Gasteiger partial charge < -0.3 is 20.1 Å². The smallest absolute Gasteiger partial charge is 0.226 e. The van der Waals surface area contributed by atoms with E-state index in [1.165, 1.54) is 5.69 Å². The van der Waals surface area contributed by atoms with E-state index in [-0.39, 0.29) is 23.9 Å². The van der Waals surface area contributed by atoms with Gasteiger partial charge in [-0.2, -0.15) is 0 Å². The molecule has 4 rings (SSSR count). The molecule has 0 radical (unpaired) electrons. The van der Waals surface area contributed by atoms with Crippen molar-refractivity contribution < 1.29 is 4.79 Å². The maximum atomic E-state index is 12.2. The van der Waals surface area contributed by atoms with Crippen LogP contribution < -0.4 is 15.5 Å². The van der Waals surface area contributed by atoms with Crippen molar-refractivity contribution >= 4 is 34.6 Å². The third kappa shape index (κ3) is 4.00. The first-order chi connectivity index (χ1) is 15.3. The normalized spacial score (nSPS) is 18.2. The van der Waals surface area contributed by atoms with Crippen LogP contribution in [0.1, 0.15) is 48.6 Å². The van der Waals surface area contributed by atoms with Crippen molar-refractivity contribution in [2.45, 2.75) is 39.8 Å². The molecule has 166 valence electrons. The van der Waals surface area contributed by atoms with Crippen molar-refractivity contribution in [2.24, 2.45) is 13.0 Å². The highest BCUT2D eigenvalue weighted by molar-refractivity contribution is 7.80. The van der Waals surface area contributed by atoms with Gasteiger partial charge in [-0.25, -0.2) is 0 Å². The van der Waals surface area contributed by atoms with Crippen molar-refractivity contribution in [1.29, 1.82) is 0 Å². The highest BCUT2D eigenvalue weighted by atomic mass is 32.1. The zero-order chi connectivity index (χ0) is 23.0. The van der Waals surface area contributed by atoms with Crippen LogP contribution in [0.3, 0.4) is 0 Å². The van der Waals surface area contributed by atoms with Crippen molar-refractivity contribution in [3.8, 4) is 0 Å². The molecule has 2 atom stereocenters. The van der Waals surface area contributed by atoms with Crippen LogP contribution in [0.15, 0.2) is 54.7 Å².